The molecule has 0 bridgehead atoms. The van der Waals surface area contributed by atoms with E-state index in [1.54, 1.807) is 6.07 Å². The third-order valence-electron chi connectivity index (χ3n) is 9.23. The monoisotopic (exact) mass is 691 g/mol. The van der Waals surface area contributed by atoms with Crippen LogP contribution < -0.4 is 0 Å². The van der Waals surface area contributed by atoms with Crippen LogP contribution in [-0.4, -0.2) is 29.9 Å². The summed E-state index contributed by atoms with van der Waals surface area (Å²) in [5, 5.41) is 12.1. The maximum Gasteiger partial charge on any atom is 0.165 e. The van der Waals surface area contributed by atoms with Crippen LogP contribution in [0.25, 0.3) is 90.2 Å². The van der Waals surface area contributed by atoms with E-state index >= 15 is 0 Å². The summed E-state index contributed by atoms with van der Waals surface area (Å²) < 4.78 is 0. The smallest absolute Gasteiger partial charge is 0.165 e. The van der Waals surface area contributed by atoms with Crippen LogP contribution >= 0.6 is 0 Å². The van der Waals surface area contributed by atoms with E-state index in [2.05, 4.69) is 54.6 Å². The Bertz CT molecular complexity index is 2770. The fourth-order valence-corrected chi connectivity index (χ4v) is 6.45. The number of hydrogen-bond acceptors (Lipinski definition) is 7. The Kier molecular flexibility index (Phi) is 8.44. The Labute approximate surface area is 312 Å². The molecule has 0 aliphatic carbocycles. The van der Waals surface area contributed by atoms with Gasteiger partial charge in [-0.1, -0.05) is 152 Å². The third kappa shape index (κ3) is 6.47. The van der Waals surface area contributed by atoms with Gasteiger partial charge in [-0.2, -0.15) is 5.26 Å². The van der Waals surface area contributed by atoms with Gasteiger partial charge in [-0.3, -0.25) is 0 Å². The van der Waals surface area contributed by atoms with Gasteiger partial charge >= 0.3 is 0 Å². The van der Waals surface area contributed by atoms with Crippen LogP contribution in [0.3, 0.4) is 0 Å². The molecule has 0 atom stereocenters. The van der Waals surface area contributed by atoms with Crippen molar-refractivity contribution in [1.82, 2.24) is 29.9 Å². The highest BCUT2D eigenvalue weighted by Gasteiger charge is 2.16. The summed E-state index contributed by atoms with van der Waals surface area (Å²) in [6.45, 7) is 0. The van der Waals surface area contributed by atoms with Gasteiger partial charge in [0, 0.05) is 33.4 Å². The summed E-state index contributed by atoms with van der Waals surface area (Å²) >= 11 is 0. The predicted molar refractivity (Wildman–Crippen MR) is 213 cm³/mol. The zero-order valence-electron chi connectivity index (χ0n) is 28.9. The van der Waals surface area contributed by atoms with Crippen molar-refractivity contribution in [2.45, 2.75) is 0 Å². The van der Waals surface area contributed by atoms with Crippen LogP contribution in [0.5, 0.6) is 0 Å². The topological polar surface area (TPSA) is 101 Å². The van der Waals surface area contributed by atoms with Gasteiger partial charge in [-0.25, -0.2) is 29.9 Å². The Morgan fingerprint density at radius 2 is 0.722 bits per heavy atom. The molecule has 0 saturated heterocycles. The summed E-state index contributed by atoms with van der Waals surface area (Å²) in [6, 6.07) is 60.4. The fourth-order valence-electron chi connectivity index (χ4n) is 6.45. The molecule has 9 aromatic rings. The molecule has 0 aliphatic rings. The molecule has 54 heavy (non-hydrogen) atoms. The van der Waals surface area contributed by atoms with Gasteiger partial charge < -0.3 is 0 Å². The van der Waals surface area contributed by atoms with Crippen molar-refractivity contribution in [2.24, 2.45) is 0 Å². The molecule has 0 radical (unpaired) electrons. The second kappa shape index (κ2) is 14.1. The van der Waals surface area contributed by atoms with E-state index in [0.717, 1.165) is 49.7 Å². The van der Waals surface area contributed by atoms with Gasteiger partial charge in [0.1, 0.15) is 0 Å². The number of rotatable bonds is 7. The normalized spacial score (nSPS) is 10.9. The summed E-state index contributed by atoms with van der Waals surface area (Å²) in [6.07, 6.45) is 0. The van der Waals surface area contributed by atoms with Gasteiger partial charge in [0.25, 0.3) is 0 Å². The van der Waals surface area contributed by atoms with E-state index < -0.39 is 0 Å². The number of hydrogen-bond donors (Lipinski definition) is 0. The van der Waals surface area contributed by atoms with E-state index in [0.29, 0.717) is 46.1 Å². The van der Waals surface area contributed by atoms with Crippen LogP contribution in [0.2, 0.25) is 0 Å². The average Bonchev–Trinajstić information content (AvgIpc) is 3.26. The van der Waals surface area contributed by atoms with Gasteiger partial charge in [-0.05, 0) is 46.2 Å². The van der Waals surface area contributed by atoms with Crippen LogP contribution in [0.1, 0.15) is 5.56 Å². The molecular weight excluding hydrogens is 663 g/mol. The zero-order valence-corrected chi connectivity index (χ0v) is 28.9. The Morgan fingerprint density at radius 3 is 1.35 bits per heavy atom. The fraction of sp³-hybridized carbons (Fsp3) is 0. The summed E-state index contributed by atoms with van der Waals surface area (Å²) in [5.74, 6) is 3.32. The molecule has 0 aliphatic heterocycles. The van der Waals surface area contributed by atoms with E-state index in [1.807, 2.05) is 121 Å². The van der Waals surface area contributed by atoms with E-state index in [9.17, 15) is 5.26 Å². The van der Waals surface area contributed by atoms with Gasteiger partial charge in [-0.15, -0.1) is 0 Å². The minimum atomic E-state index is 0.442. The maximum absolute atomic E-state index is 9.92. The molecule has 2 heterocycles. The third-order valence-corrected chi connectivity index (χ3v) is 9.23. The van der Waals surface area contributed by atoms with Crippen molar-refractivity contribution >= 4 is 10.8 Å². The van der Waals surface area contributed by atoms with Crippen molar-refractivity contribution in [3.63, 3.8) is 0 Å². The molecular formula is C47H29N7. The first-order chi connectivity index (χ1) is 26.7. The first kappa shape index (κ1) is 32.2. The van der Waals surface area contributed by atoms with Gasteiger partial charge in [0.15, 0.2) is 34.9 Å². The maximum atomic E-state index is 9.92. The molecule has 252 valence electrons. The van der Waals surface area contributed by atoms with Crippen molar-refractivity contribution in [3.05, 3.63) is 181 Å². The molecule has 2 aromatic heterocycles. The van der Waals surface area contributed by atoms with Crippen LogP contribution in [0, 0.1) is 11.3 Å². The van der Waals surface area contributed by atoms with Gasteiger partial charge in [0.05, 0.1) is 11.6 Å². The Hall–Kier alpha value is -7.69. The highest BCUT2D eigenvalue weighted by molar-refractivity contribution is 5.87. The predicted octanol–water partition coefficient (Wildman–Crippen LogP) is 10.8. The van der Waals surface area contributed by atoms with E-state index in [-0.39, 0.29) is 0 Å². The summed E-state index contributed by atoms with van der Waals surface area (Å²) in [7, 11) is 0. The highest BCUT2D eigenvalue weighted by atomic mass is 15.0. The molecule has 7 nitrogen and oxygen atoms in total. The first-order valence-corrected chi connectivity index (χ1v) is 17.5. The summed E-state index contributed by atoms with van der Waals surface area (Å²) in [5.41, 5.74) is 7.58. The number of nitriles is 1. The standard InChI is InChI=1S/C47H29N7/c48-30-40-18-9-10-21-41(40)47-53-45(52-46(54-47)39-27-24-31-12-7-8-17-36(31)29-39)38-20-11-19-37(28-38)32-22-25-35(26-23-32)44-50-42(33-13-3-1-4-14-33)49-43(51-44)34-15-5-2-6-16-34/h1-29H. The lowest BCUT2D eigenvalue weighted by atomic mass is 10.0. The zero-order chi connectivity index (χ0) is 36.3. The van der Waals surface area contributed by atoms with Crippen molar-refractivity contribution in [3.8, 4) is 85.5 Å². The molecule has 7 aromatic carbocycles. The molecule has 0 saturated carbocycles. The Balaban J connectivity index is 1.10. The average molecular weight is 692 g/mol. The number of nitrogens with zero attached hydrogens (tertiary/aromatic N) is 7. The molecule has 0 N–H and O–H groups in total. The van der Waals surface area contributed by atoms with Crippen molar-refractivity contribution in [2.75, 3.05) is 0 Å². The molecule has 9 rings (SSSR count). The second-order valence-corrected chi connectivity index (χ2v) is 12.7. The lowest BCUT2D eigenvalue weighted by molar-refractivity contribution is 1.07. The number of aromatic nitrogens is 6. The summed E-state index contributed by atoms with van der Waals surface area (Å²) in [4.78, 5) is 29.4. The Morgan fingerprint density at radius 1 is 0.296 bits per heavy atom. The first-order valence-electron chi connectivity index (χ1n) is 17.5. The second-order valence-electron chi connectivity index (χ2n) is 12.7. The minimum Gasteiger partial charge on any atom is -0.208 e. The lowest BCUT2D eigenvalue weighted by Crippen LogP contribution is -2.01. The molecule has 0 fully saturated rings. The highest BCUT2D eigenvalue weighted by Crippen LogP contribution is 2.32. The quantitative estimate of drug-likeness (QED) is 0.164. The number of benzene rings is 7. The van der Waals surface area contributed by atoms with Crippen LogP contribution in [0.15, 0.2) is 176 Å². The van der Waals surface area contributed by atoms with Gasteiger partial charge in [0.2, 0.25) is 0 Å². The van der Waals surface area contributed by atoms with Crippen LogP contribution in [-0.2, 0) is 0 Å². The van der Waals surface area contributed by atoms with E-state index in [1.165, 1.54) is 0 Å². The number of fused-ring (bicyclic) bond motifs is 1. The molecule has 7 heteroatoms. The minimum absolute atomic E-state index is 0.442. The lowest BCUT2D eigenvalue weighted by Gasteiger charge is -2.11. The molecule has 0 unspecified atom stereocenters. The van der Waals surface area contributed by atoms with E-state index in [4.69, 9.17) is 29.9 Å². The largest absolute Gasteiger partial charge is 0.208 e. The van der Waals surface area contributed by atoms with Crippen molar-refractivity contribution in [1.29, 1.82) is 5.26 Å². The molecule has 0 spiro atoms. The SMILES string of the molecule is N#Cc1ccccc1-c1nc(-c2cccc(-c3ccc(-c4nc(-c5ccccc5)nc(-c5ccccc5)n4)cc3)c2)nc(-c2ccc3ccccc3c2)n1. The van der Waals surface area contributed by atoms with Crippen molar-refractivity contribution < 1.29 is 0 Å². The van der Waals surface area contributed by atoms with Crippen LogP contribution in [0.4, 0.5) is 0 Å². The molecule has 0 amide bonds.